The molecule has 3 aromatic rings. The van der Waals surface area contributed by atoms with Crippen molar-refractivity contribution in [3.05, 3.63) is 88.4 Å². The summed E-state index contributed by atoms with van der Waals surface area (Å²) >= 11 is 3.43. The van der Waals surface area contributed by atoms with Gasteiger partial charge in [-0.25, -0.2) is 0 Å². The van der Waals surface area contributed by atoms with Crippen molar-refractivity contribution in [2.75, 3.05) is 0 Å². The molecular formula is C20H14BrNO. The van der Waals surface area contributed by atoms with E-state index in [-0.39, 0.29) is 0 Å². The van der Waals surface area contributed by atoms with Gasteiger partial charge in [-0.15, -0.1) is 0 Å². The summed E-state index contributed by atoms with van der Waals surface area (Å²) in [6.45, 7) is 0.522. The molecule has 3 heteroatoms. The lowest BCUT2D eigenvalue weighted by atomic mass is 10.0. The Morgan fingerprint density at radius 3 is 2.48 bits per heavy atom. The minimum Gasteiger partial charge on any atom is -0.489 e. The zero-order chi connectivity index (χ0) is 16.1. The van der Waals surface area contributed by atoms with Gasteiger partial charge in [0.2, 0.25) is 0 Å². The molecule has 0 radical (unpaired) electrons. The number of hydrogen-bond acceptors (Lipinski definition) is 2. The van der Waals surface area contributed by atoms with Crippen molar-refractivity contribution in [1.29, 1.82) is 5.26 Å². The molecule has 3 rings (SSSR count). The Labute approximate surface area is 144 Å². The van der Waals surface area contributed by atoms with Crippen molar-refractivity contribution >= 4 is 15.9 Å². The number of nitriles is 1. The van der Waals surface area contributed by atoms with Crippen molar-refractivity contribution in [2.24, 2.45) is 0 Å². The molecule has 3 aromatic carbocycles. The summed E-state index contributed by atoms with van der Waals surface area (Å²) in [5.74, 6) is 0.787. The van der Waals surface area contributed by atoms with Crippen molar-refractivity contribution in [2.45, 2.75) is 6.61 Å². The molecule has 0 fully saturated rings. The lowest BCUT2D eigenvalue weighted by molar-refractivity contribution is 0.306. The maximum atomic E-state index is 9.37. The van der Waals surface area contributed by atoms with E-state index in [1.807, 2.05) is 72.8 Å². The van der Waals surface area contributed by atoms with Gasteiger partial charge in [-0.3, -0.25) is 0 Å². The second-order valence-electron chi connectivity index (χ2n) is 5.08. The summed E-state index contributed by atoms with van der Waals surface area (Å²) in [4.78, 5) is 0. The van der Waals surface area contributed by atoms with E-state index in [4.69, 9.17) is 4.74 Å². The number of halogens is 1. The molecule has 0 aromatic heterocycles. The Morgan fingerprint density at radius 1 is 0.913 bits per heavy atom. The van der Waals surface area contributed by atoms with E-state index in [2.05, 4.69) is 22.0 Å². The van der Waals surface area contributed by atoms with Crippen LogP contribution in [-0.4, -0.2) is 0 Å². The second-order valence-corrected chi connectivity index (χ2v) is 5.93. The minimum atomic E-state index is 0.522. The first-order valence-electron chi connectivity index (χ1n) is 7.24. The Hall–Kier alpha value is -2.57. The molecule has 0 bridgehead atoms. The highest BCUT2D eigenvalue weighted by molar-refractivity contribution is 9.10. The predicted octanol–water partition coefficient (Wildman–Crippen LogP) is 5.57. The molecule has 0 heterocycles. The second kappa shape index (κ2) is 7.13. The van der Waals surface area contributed by atoms with Crippen molar-refractivity contribution in [3.8, 4) is 22.9 Å². The van der Waals surface area contributed by atoms with Gasteiger partial charge in [-0.05, 0) is 45.3 Å². The van der Waals surface area contributed by atoms with Crippen LogP contribution in [0.4, 0.5) is 0 Å². The van der Waals surface area contributed by atoms with Crippen LogP contribution in [0.25, 0.3) is 11.1 Å². The third kappa shape index (κ3) is 3.61. The topological polar surface area (TPSA) is 33.0 Å². The van der Waals surface area contributed by atoms with E-state index in [1.54, 1.807) is 0 Å². The first-order chi connectivity index (χ1) is 11.3. The smallest absolute Gasteiger partial charge is 0.120 e. The SMILES string of the molecule is N#Cc1c(Br)cccc1-c1cccc(OCc2ccccc2)c1. The summed E-state index contributed by atoms with van der Waals surface area (Å²) in [5, 5.41) is 9.37. The summed E-state index contributed by atoms with van der Waals surface area (Å²) in [6.07, 6.45) is 0. The quantitative estimate of drug-likeness (QED) is 0.607. The molecular weight excluding hydrogens is 350 g/mol. The van der Waals surface area contributed by atoms with Crippen molar-refractivity contribution < 1.29 is 4.74 Å². The summed E-state index contributed by atoms with van der Waals surface area (Å²) < 4.78 is 6.66. The van der Waals surface area contributed by atoms with Crippen molar-refractivity contribution in [3.63, 3.8) is 0 Å². The molecule has 2 nitrogen and oxygen atoms in total. The van der Waals surface area contributed by atoms with Gasteiger partial charge in [0.25, 0.3) is 0 Å². The van der Waals surface area contributed by atoms with Gasteiger partial charge in [0.05, 0.1) is 5.56 Å². The fraction of sp³-hybridized carbons (Fsp3) is 0.0500. The van der Waals surface area contributed by atoms with Crippen LogP contribution in [-0.2, 0) is 6.61 Å². The Kier molecular flexibility index (Phi) is 4.75. The third-order valence-corrected chi connectivity index (χ3v) is 4.18. The lowest BCUT2D eigenvalue weighted by Gasteiger charge is -2.10. The highest BCUT2D eigenvalue weighted by atomic mass is 79.9. The largest absolute Gasteiger partial charge is 0.489 e. The molecule has 0 N–H and O–H groups in total. The number of nitrogens with zero attached hydrogens (tertiary/aromatic N) is 1. The molecule has 0 atom stereocenters. The fourth-order valence-corrected chi connectivity index (χ4v) is 2.83. The zero-order valence-electron chi connectivity index (χ0n) is 12.4. The first-order valence-corrected chi connectivity index (χ1v) is 8.03. The van der Waals surface area contributed by atoms with E-state index < -0.39 is 0 Å². The van der Waals surface area contributed by atoms with E-state index in [0.29, 0.717) is 12.2 Å². The van der Waals surface area contributed by atoms with Crippen molar-refractivity contribution in [1.82, 2.24) is 0 Å². The molecule has 23 heavy (non-hydrogen) atoms. The van der Waals surface area contributed by atoms with Crippen LogP contribution in [0.15, 0.2) is 77.3 Å². The predicted molar refractivity (Wildman–Crippen MR) is 95.1 cm³/mol. The Bertz CT molecular complexity index is 853. The van der Waals surface area contributed by atoms with Gasteiger partial charge in [-0.2, -0.15) is 5.26 Å². The van der Waals surface area contributed by atoms with Gasteiger partial charge in [0.15, 0.2) is 0 Å². The molecule has 0 saturated heterocycles. The van der Waals surface area contributed by atoms with Crippen LogP contribution in [0.5, 0.6) is 5.75 Å². The Morgan fingerprint density at radius 2 is 1.70 bits per heavy atom. The van der Waals surface area contributed by atoms with Crippen LogP contribution in [0.1, 0.15) is 11.1 Å². The normalized spacial score (nSPS) is 10.1. The van der Waals surface area contributed by atoms with Gasteiger partial charge in [0, 0.05) is 10.0 Å². The van der Waals surface area contributed by atoms with Gasteiger partial charge >= 0.3 is 0 Å². The zero-order valence-corrected chi connectivity index (χ0v) is 14.0. The number of ether oxygens (including phenoxy) is 1. The van der Waals surface area contributed by atoms with Gasteiger partial charge in [-0.1, -0.05) is 54.6 Å². The summed E-state index contributed by atoms with van der Waals surface area (Å²) in [6, 6.07) is 25.9. The van der Waals surface area contributed by atoms with Crippen LogP contribution in [0, 0.1) is 11.3 Å². The molecule has 0 aliphatic heterocycles. The average molecular weight is 364 g/mol. The highest BCUT2D eigenvalue weighted by Gasteiger charge is 2.09. The molecule has 0 unspecified atom stereocenters. The fourth-order valence-electron chi connectivity index (χ4n) is 2.37. The van der Waals surface area contributed by atoms with Crippen LogP contribution in [0.3, 0.4) is 0 Å². The van der Waals surface area contributed by atoms with E-state index in [0.717, 1.165) is 26.9 Å². The molecule has 0 spiro atoms. The number of rotatable bonds is 4. The monoisotopic (exact) mass is 363 g/mol. The standard InChI is InChI=1S/C20H14BrNO/c21-20-11-5-10-18(19(20)13-22)16-8-4-9-17(12-16)23-14-15-6-2-1-3-7-15/h1-12H,14H2. The maximum absolute atomic E-state index is 9.37. The maximum Gasteiger partial charge on any atom is 0.120 e. The summed E-state index contributed by atoms with van der Waals surface area (Å²) in [7, 11) is 0. The van der Waals surface area contributed by atoms with E-state index >= 15 is 0 Å². The molecule has 0 aliphatic rings. The average Bonchev–Trinajstić information content (AvgIpc) is 2.61. The van der Waals surface area contributed by atoms with Crippen LogP contribution >= 0.6 is 15.9 Å². The summed E-state index contributed by atoms with van der Waals surface area (Å²) in [5.41, 5.74) is 3.62. The van der Waals surface area contributed by atoms with Gasteiger partial charge < -0.3 is 4.74 Å². The molecule has 0 amide bonds. The van der Waals surface area contributed by atoms with E-state index in [9.17, 15) is 5.26 Å². The Balaban J connectivity index is 1.86. The minimum absolute atomic E-state index is 0.522. The van der Waals surface area contributed by atoms with Gasteiger partial charge in [0.1, 0.15) is 18.4 Å². The van der Waals surface area contributed by atoms with E-state index in [1.165, 1.54) is 0 Å². The van der Waals surface area contributed by atoms with Crippen LogP contribution in [0.2, 0.25) is 0 Å². The first kappa shape index (κ1) is 15.3. The molecule has 112 valence electrons. The highest BCUT2D eigenvalue weighted by Crippen LogP contribution is 2.30. The third-order valence-electron chi connectivity index (χ3n) is 3.52. The number of hydrogen-bond donors (Lipinski definition) is 0. The lowest BCUT2D eigenvalue weighted by Crippen LogP contribution is -1.95. The molecule has 0 saturated carbocycles. The molecule has 0 aliphatic carbocycles. The number of benzene rings is 3. The van der Waals surface area contributed by atoms with Crippen LogP contribution < -0.4 is 4.74 Å².